The minimum absolute atomic E-state index is 0.138. The Bertz CT molecular complexity index is 896. The van der Waals surface area contributed by atoms with Crippen molar-refractivity contribution in [3.05, 3.63) is 36.5 Å². The number of aromatic nitrogens is 1. The molecule has 2 fully saturated rings. The molecule has 2 aromatic rings. The van der Waals surface area contributed by atoms with Gasteiger partial charge in [0.1, 0.15) is 4.90 Å². The van der Waals surface area contributed by atoms with E-state index < -0.39 is 28.0 Å². The first kappa shape index (κ1) is 14.6. The van der Waals surface area contributed by atoms with Crippen LogP contribution >= 0.6 is 0 Å². The van der Waals surface area contributed by atoms with E-state index in [-0.39, 0.29) is 10.9 Å². The van der Waals surface area contributed by atoms with Gasteiger partial charge in [-0.3, -0.25) is 9.78 Å². The van der Waals surface area contributed by atoms with E-state index in [1.807, 2.05) is 24.3 Å². The topological polar surface area (TPSA) is 87.6 Å². The second-order valence-corrected chi connectivity index (χ2v) is 8.02. The lowest BCUT2D eigenvalue weighted by atomic mass is 9.89. The van der Waals surface area contributed by atoms with E-state index in [1.165, 1.54) is 10.5 Å². The van der Waals surface area contributed by atoms with Gasteiger partial charge in [0.25, 0.3) is 0 Å². The highest BCUT2D eigenvalue weighted by atomic mass is 32.2. The van der Waals surface area contributed by atoms with Crippen molar-refractivity contribution in [1.82, 2.24) is 9.29 Å². The Morgan fingerprint density at radius 2 is 2.04 bits per heavy atom. The van der Waals surface area contributed by atoms with Gasteiger partial charge in [-0.15, -0.1) is 0 Å². The van der Waals surface area contributed by atoms with Crippen molar-refractivity contribution in [2.45, 2.75) is 36.2 Å². The standard InChI is InChI=1S/C16H16N2O4S/c19-16(20)13-8-11-5-6-15(13)18(11)23(21,22)12-7-10-3-1-2-4-14(10)17-9-12/h1-4,7,9,11,13,15H,5-6,8H2,(H,19,20). The van der Waals surface area contributed by atoms with Gasteiger partial charge in [-0.05, 0) is 31.4 Å². The molecule has 7 heteroatoms. The molecule has 0 amide bonds. The molecule has 0 spiro atoms. The number of rotatable bonds is 3. The number of para-hydroxylation sites is 1. The zero-order chi connectivity index (χ0) is 16.2. The molecule has 1 aromatic carbocycles. The normalized spacial score (nSPS) is 27.6. The zero-order valence-electron chi connectivity index (χ0n) is 12.3. The van der Waals surface area contributed by atoms with E-state index >= 15 is 0 Å². The Morgan fingerprint density at radius 3 is 2.78 bits per heavy atom. The molecule has 1 N–H and O–H groups in total. The average Bonchev–Trinajstić information content (AvgIpc) is 3.13. The molecule has 0 aliphatic carbocycles. The highest BCUT2D eigenvalue weighted by Gasteiger charge is 2.54. The Balaban J connectivity index is 1.76. The Labute approximate surface area is 133 Å². The van der Waals surface area contributed by atoms with Crippen LogP contribution < -0.4 is 0 Å². The van der Waals surface area contributed by atoms with Crippen molar-refractivity contribution in [2.24, 2.45) is 5.92 Å². The second-order valence-electron chi connectivity index (χ2n) is 6.18. The predicted octanol–water partition coefficient (Wildman–Crippen LogP) is 1.86. The molecule has 120 valence electrons. The van der Waals surface area contributed by atoms with Crippen LogP contribution in [-0.4, -0.2) is 40.9 Å². The van der Waals surface area contributed by atoms with Gasteiger partial charge in [0.15, 0.2) is 0 Å². The van der Waals surface area contributed by atoms with Gasteiger partial charge in [-0.2, -0.15) is 4.31 Å². The molecule has 2 aliphatic heterocycles. The number of aliphatic carboxylic acids is 1. The van der Waals surface area contributed by atoms with Gasteiger partial charge in [0.2, 0.25) is 10.0 Å². The third-order valence-electron chi connectivity index (χ3n) is 4.93. The highest BCUT2D eigenvalue weighted by Crippen LogP contribution is 2.45. The number of carboxylic acids is 1. The van der Waals surface area contributed by atoms with Gasteiger partial charge in [-0.1, -0.05) is 18.2 Å². The van der Waals surface area contributed by atoms with Gasteiger partial charge < -0.3 is 5.11 Å². The van der Waals surface area contributed by atoms with Gasteiger partial charge in [-0.25, -0.2) is 8.42 Å². The first-order valence-electron chi connectivity index (χ1n) is 7.59. The molecule has 3 unspecified atom stereocenters. The number of nitrogens with zero attached hydrogens (tertiary/aromatic N) is 2. The predicted molar refractivity (Wildman–Crippen MR) is 83.3 cm³/mol. The number of fused-ring (bicyclic) bond motifs is 3. The van der Waals surface area contributed by atoms with E-state index in [0.717, 1.165) is 17.3 Å². The lowest BCUT2D eigenvalue weighted by Gasteiger charge is -2.22. The lowest BCUT2D eigenvalue weighted by Crippen LogP contribution is -2.37. The molecule has 23 heavy (non-hydrogen) atoms. The minimum atomic E-state index is -3.72. The second kappa shape index (κ2) is 5.01. The van der Waals surface area contributed by atoms with Gasteiger partial charge in [0, 0.05) is 23.7 Å². The number of hydrogen-bond acceptors (Lipinski definition) is 4. The van der Waals surface area contributed by atoms with Crippen molar-refractivity contribution < 1.29 is 18.3 Å². The first-order valence-corrected chi connectivity index (χ1v) is 9.03. The van der Waals surface area contributed by atoms with Crippen LogP contribution in [0.3, 0.4) is 0 Å². The van der Waals surface area contributed by atoms with E-state index in [0.29, 0.717) is 12.8 Å². The summed E-state index contributed by atoms with van der Waals surface area (Å²) in [7, 11) is -3.72. The van der Waals surface area contributed by atoms with Crippen LogP contribution in [0, 0.1) is 5.92 Å². The Hall–Kier alpha value is -1.99. The maximum absolute atomic E-state index is 13.0. The van der Waals surface area contributed by atoms with Crippen LogP contribution in [0.4, 0.5) is 0 Å². The summed E-state index contributed by atoms with van der Waals surface area (Å²) in [4.78, 5) is 15.7. The summed E-state index contributed by atoms with van der Waals surface area (Å²) >= 11 is 0. The maximum atomic E-state index is 13.0. The number of carboxylic acid groups (broad SMARTS) is 1. The molecule has 2 bridgehead atoms. The lowest BCUT2D eigenvalue weighted by molar-refractivity contribution is -0.142. The fourth-order valence-electron chi connectivity index (χ4n) is 3.89. The number of sulfonamides is 1. The minimum Gasteiger partial charge on any atom is -0.481 e. The largest absolute Gasteiger partial charge is 0.481 e. The quantitative estimate of drug-likeness (QED) is 0.927. The molecule has 2 saturated heterocycles. The highest BCUT2D eigenvalue weighted by molar-refractivity contribution is 7.89. The Morgan fingerprint density at radius 1 is 1.26 bits per heavy atom. The number of benzene rings is 1. The molecule has 0 radical (unpaired) electrons. The molecule has 1 aromatic heterocycles. The van der Waals surface area contributed by atoms with E-state index in [1.54, 1.807) is 6.07 Å². The van der Waals surface area contributed by atoms with Gasteiger partial charge >= 0.3 is 5.97 Å². The summed E-state index contributed by atoms with van der Waals surface area (Å²) in [6, 6.07) is 8.30. The van der Waals surface area contributed by atoms with Crippen molar-refractivity contribution in [3.8, 4) is 0 Å². The van der Waals surface area contributed by atoms with Crippen molar-refractivity contribution in [1.29, 1.82) is 0 Å². The molecular formula is C16H16N2O4S. The number of pyridine rings is 1. The molecule has 3 atom stereocenters. The SMILES string of the molecule is O=C(O)C1CC2CCC1N2S(=O)(=O)c1cnc2ccccc2c1. The molecular weight excluding hydrogens is 316 g/mol. The number of carbonyl (C=O) groups is 1. The third kappa shape index (κ3) is 2.14. The fourth-order valence-corrected chi connectivity index (χ4v) is 5.79. The van der Waals surface area contributed by atoms with Crippen molar-refractivity contribution in [3.63, 3.8) is 0 Å². The van der Waals surface area contributed by atoms with Crippen molar-refractivity contribution >= 4 is 26.9 Å². The molecule has 4 rings (SSSR count). The Kier molecular flexibility index (Phi) is 3.18. The van der Waals surface area contributed by atoms with Crippen LogP contribution in [0.2, 0.25) is 0 Å². The van der Waals surface area contributed by atoms with Crippen molar-refractivity contribution in [2.75, 3.05) is 0 Å². The zero-order valence-corrected chi connectivity index (χ0v) is 13.1. The molecule has 0 saturated carbocycles. The molecule has 2 aliphatic rings. The fraction of sp³-hybridized carbons (Fsp3) is 0.375. The third-order valence-corrected chi connectivity index (χ3v) is 6.87. The summed E-state index contributed by atoms with van der Waals surface area (Å²) in [5.74, 6) is -1.51. The summed E-state index contributed by atoms with van der Waals surface area (Å²) in [5, 5.41) is 10.1. The molecule has 3 heterocycles. The van der Waals surface area contributed by atoms with E-state index in [4.69, 9.17) is 0 Å². The summed E-state index contributed by atoms with van der Waals surface area (Å²) < 4.78 is 27.4. The first-order chi connectivity index (χ1) is 11.0. The van der Waals surface area contributed by atoms with Crippen LogP contribution in [0.1, 0.15) is 19.3 Å². The van der Waals surface area contributed by atoms with E-state index in [9.17, 15) is 18.3 Å². The number of hydrogen-bond donors (Lipinski definition) is 1. The van der Waals surface area contributed by atoms with Crippen LogP contribution in [0.15, 0.2) is 41.4 Å². The van der Waals surface area contributed by atoms with E-state index in [2.05, 4.69) is 4.98 Å². The van der Waals surface area contributed by atoms with Crippen LogP contribution in [0.25, 0.3) is 10.9 Å². The summed E-state index contributed by atoms with van der Waals surface area (Å²) in [6.45, 7) is 0. The molecule has 6 nitrogen and oxygen atoms in total. The van der Waals surface area contributed by atoms with Crippen LogP contribution in [-0.2, 0) is 14.8 Å². The maximum Gasteiger partial charge on any atom is 0.308 e. The summed E-state index contributed by atoms with van der Waals surface area (Å²) in [6.07, 6.45) is 3.11. The van der Waals surface area contributed by atoms with Gasteiger partial charge in [0.05, 0.1) is 11.4 Å². The smallest absolute Gasteiger partial charge is 0.308 e. The van der Waals surface area contributed by atoms with Crippen LogP contribution in [0.5, 0.6) is 0 Å². The monoisotopic (exact) mass is 332 g/mol. The average molecular weight is 332 g/mol. The summed E-state index contributed by atoms with van der Waals surface area (Å²) in [5.41, 5.74) is 0.735.